The zero-order chi connectivity index (χ0) is 27.2. The molecule has 37 heavy (non-hydrogen) atoms. The second-order valence-corrected chi connectivity index (χ2v) is 9.19. The highest BCUT2D eigenvalue weighted by Gasteiger charge is 2.42. The van der Waals surface area contributed by atoms with E-state index in [1.54, 1.807) is 17.6 Å². The Morgan fingerprint density at radius 3 is 2.49 bits per heavy atom. The van der Waals surface area contributed by atoms with E-state index in [2.05, 4.69) is 30.1 Å². The normalized spacial score (nSPS) is 12.4. The Kier molecular flexibility index (Phi) is 8.80. The van der Waals surface area contributed by atoms with Gasteiger partial charge in [-0.2, -0.15) is 18.7 Å². The monoisotopic (exact) mass is 564 g/mol. The van der Waals surface area contributed by atoms with Gasteiger partial charge in [0, 0.05) is 6.54 Å². The lowest BCUT2D eigenvalue weighted by atomic mass is 10.1. The number of carbonyl (C=O) groups excluding carboxylic acids is 1. The second-order valence-electron chi connectivity index (χ2n) is 7.22. The summed E-state index contributed by atoms with van der Waals surface area (Å²) in [6.45, 7) is 0.351. The molecule has 1 aromatic heterocycles. The number of primary sulfonamides is 1. The molecule has 17 heteroatoms. The van der Waals surface area contributed by atoms with Crippen LogP contribution in [0.15, 0.2) is 57.0 Å². The number of hydrogen-bond acceptors (Lipinski definition) is 9. The molecule has 0 saturated heterocycles. The maximum absolute atomic E-state index is 13.5. The second kappa shape index (κ2) is 11.6. The first-order valence-electron chi connectivity index (χ1n) is 10.1. The molecule has 3 rings (SSSR count). The van der Waals surface area contributed by atoms with Gasteiger partial charge < -0.3 is 10.2 Å². The van der Waals surface area contributed by atoms with E-state index >= 15 is 0 Å². The minimum Gasteiger partial charge on any atom is -0.333 e. The first-order valence-corrected chi connectivity index (χ1v) is 12.0. The van der Waals surface area contributed by atoms with Crippen LogP contribution in [-0.4, -0.2) is 43.3 Å². The van der Waals surface area contributed by atoms with Crippen LogP contribution in [0.4, 0.5) is 23.2 Å². The molecular weight excluding hydrogens is 548 g/mol. The Morgan fingerprint density at radius 2 is 1.86 bits per heavy atom. The summed E-state index contributed by atoms with van der Waals surface area (Å²) in [5.74, 6) is -3.82. The van der Waals surface area contributed by atoms with Crippen LogP contribution >= 0.6 is 11.6 Å². The number of amidine groups is 1. The number of nitrogens with zero attached hydrogens (tertiary/aromatic N) is 3. The van der Waals surface area contributed by atoms with E-state index in [-0.39, 0.29) is 33.5 Å². The van der Waals surface area contributed by atoms with Crippen molar-refractivity contribution >= 4 is 39.1 Å². The molecule has 198 valence electrons. The van der Waals surface area contributed by atoms with E-state index in [0.717, 1.165) is 17.7 Å². The summed E-state index contributed by atoms with van der Waals surface area (Å²) in [6, 6.07) is 9.12. The average molecular weight is 565 g/mol. The van der Waals surface area contributed by atoms with Gasteiger partial charge in [-0.3, -0.25) is 0 Å². The molecule has 0 amide bonds. The van der Waals surface area contributed by atoms with Crippen molar-refractivity contribution in [2.45, 2.75) is 24.0 Å². The largest absolute Gasteiger partial charge is 0.493 e. The fraction of sp³-hybridized carbons (Fsp3) is 0.200. The summed E-state index contributed by atoms with van der Waals surface area (Å²) >= 11 is 5.72. The zero-order valence-electron chi connectivity index (χ0n) is 18.4. The highest BCUT2D eigenvalue weighted by atomic mass is 35.5. The van der Waals surface area contributed by atoms with Gasteiger partial charge in [-0.05, 0) is 54.0 Å². The van der Waals surface area contributed by atoms with Crippen molar-refractivity contribution in [1.29, 1.82) is 0 Å². The molecule has 11 nitrogen and oxygen atoms in total. The molecule has 0 unspecified atom stereocenters. The van der Waals surface area contributed by atoms with Gasteiger partial charge in [0.05, 0.1) is 15.6 Å². The number of rotatable bonds is 8. The van der Waals surface area contributed by atoms with Crippen molar-refractivity contribution in [2.24, 2.45) is 10.1 Å². The smallest absolute Gasteiger partial charge is 0.333 e. The van der Waals surface area contributed by atoms with E-state index in [4.69, 9.17) is 16.7 Å². The summed E-state index contributed by atoms with van der Waals surface area (Å²) in [4.78, 5) is 19.2. The zero-order valence-corrected chi connectivity index (χ0v) is 20.0. The summed E-state index contributed by atoms with van der Waals surface area (Å²) in [5.41, 5.74) is 2.42. The lowest BCUT2D eigenvalue weighted by molar-refractivity contribution is -0.203. The van der Waals surface area contributed by atoms with Gasteiger partial charge in [0.1, 0.15) is 11.5 Å². The highest BCUT2D eigenvalue weighted by molar-refractivity contribution is 7.89. The van der Waals surface area contributed by atoms with Crippen LogP contribution in [0.1, 0.15) is 17.0 Å². The van der Waals surface area contributed by atoms with E-state index < -0.39 is 33.8 Å². The topological polar surface area (TPSA) is 162 Å². The minimum atomic E-state index is -5.30. The molecule has 0 bridgehead atoms. The molecule has 0 fully saturated rings. The first-order chi connectivity index (χ1) is 17.3. The Hall–Kier alpha value is -3.60. The molecule has 0 radical (unpaired) electrons. The van der Waals surface area contributed by atoms with Crippen LogP contribution in [0, 0.1) is 5.82 Å². The van der Waals surface area contributed by atoms with Crippen LogP contribution in [0.2, 0.25) is 5.02 Å². The molecule has 0 aliphatic heterocycles. The number of alkyl halides is 3. The Balaban J connectivity index is 1.72. The van der Waals surface area contributed by atoms with E-state index in [9.17, 15) is 30.8 Å². The molecule has 2 aromatic carbocycles. The number of nitrogens with two attached hydrogens (primary N) is 1. The van der Waals surface area contributed by atoms with Gasteiger partial charge >= 0.3 is 12.1 Å². The van der Waals surface area contributed by atoms with Crippen molar-refractivity contribution in [2.75, 3.05) is 6.54 Å². The van der Waals surface area contributed by atoms with Gasteiger partial charge in [-0.15, -0.1) is 0 Å². The van der Waals surface area contributed by atoms with E-state index in [1.165, 1.54) is 18.2 Å². The third kappa shape index (κ3) is 7.94. The van der Waals surface area contributed by atoms with Crippen LogP contribution in [0.5, 0.6) is 0 Å². The predicted octanol–water partition coefficient (Wildman–Crippen LogP) is 2.53. The van der Waals surface area contributed by atoms with Crippen LogP contribution in [-0.2, 0) is 32.6 Å². The molecule has 4 N–H and O–H groups in total. The lowest BCUT2D eigenvalue weighted by Gasteiger charge is -2.10. The van der Waals surface area contributed by atoms with Gasteiger partial charge in [-0.25, -0.2) is 32.4 Å². The molecule has 0 aliphatic rings. The van der Waals surface area contributed by atoms with Crippen LogP contribution in [0.3, 0.4) is 0 Å². The van der Waals surface area contributed by atoms with E-state index in [0.29, 0.717) is 13.0 Å². The maximum atomic E-state index is 13.5. The minimum absolute atomic E-state index is 0.00775. The number of nitrogens with one attached hydrogen (secondary N) is 2. The van der Waals surface area contributed by atoms with Gasteiger partial charge in [0.2, 0.25) is 10.0 Å². The standard InChI is InChI=1S/C20H17ClF4N6O5S/c21-14-9-12(3-6-15(14)22)28-18(31-35-19(32)20(23,24)25)17-16(29-36-30-17)10-27-8-7-11-1-4-13(5-2-11)37(26,33)34/h1-6,9,27H,7-8,10H2,(H,28,31)(H2,26,33,34). The van der Waals surface area contributed by atoms with Crippen LogP contribution < -0.4 is 15.9 Å². The van der Waals surface area contributed by atoms with Crippen molar-refractivity contribution in [3.05, 3.63) is 70.3 Å². The summed E-state index contributed by atoms with van der Waals surface area (Å²) in [7, 11) is -3.81. The lowest BCUT2D eigenvalue weighted by Crippen LogP contribution is -2.35. The Morgan fingerprint density at radius 1 is 1.16 bits per heavy atom. The number of hydrogen-bond donors (Lipinski definition) is 3. The van der Waals surface area contributed by atoms with Gasteiger partial charge in [0.15, 0.2) is 11.5 Å². The van der Waals surface area contributed by atoms with Gasteiger partial charge in [0.25, 0.3) is 0 Å². The van der Waals surface area contributed by atoms with Crippen molar-refractivity contribution in [1.82, 2.24) is 21.1 Å². The highest BCUT2D eigenvalue weighted by Crippen LogP contribution is 2.23. The van der Waals surface area contributed by atoms with Crippen LogP contribution in [0.25, 0.3) is 0 Å². The fourth-order valence-corrected chi connectivity index (χ4v) is 3.44. The predicted molar refractivity (Wildman–Crippen MR) is 120 cm³/mol. The molecule has 0 atom stereocenters. The maximum Gasteiger partial charge on any atom is 0.493 e. The van der Waals surface area contributed by atoms with Crippen molar-refractivity contribution < 1.29 is 40.2 Å². The Bertz CT molecular complexity index is 1400. The van der Waals surface area contributed by atoms with E-state index in [1.807, 2.05) is 0 Å². The molecule has 3 aromatic rings. The third-order valence-corrected chi connectivity index (χ3v) is 5.75. The number of aliphatic imine (C=N–C) groups is 1. The number of sulfonamides is 1. The SMILES string of the molecule is NS(=O)(=O)c1ccc(CCNCc2nonc2C(=Nc2ccc(F)c(Cl)c2)NOC(=O)C(F)(F)F)cc1. The number of halogens is 5. The number of carbonyl (C=O) groups is 1. The Labute approximate surface area is 211 Å². The average Bonchev–Trinajstić information content (AvgIpc) is 3.29. The summed E-state index contributed by atoms with van der Waals surface area (Å²) in [5, 5.41) is 15.0. The van der Waals surface area contributed by atoms with Gasteiger partial charge in [-0.1, -0.05) is 28.9 Å². The summed E-state index contributed by atoms with van der Waals surface area (Å²) in [6.07, 6.45) is -4.84. The molecule has 0 saturated carbocycles. The summed E-state index contributed by atoms with van der Waals surface area (Å²) < 4.78 is 78.5. The quantitative estimate of drug-likeness (QED) is 0.123. The number of aromatic nitrogens is 2. The van der Waals surface area contributed by atoms with Crippen molar-refractivity contribution in [3.8, 4) is 0 Å². The molecule has 1 heterocycles. The molecule has 0 aliphatic carbocycles. The molecule has 0 spiro atoms. The fourth-order valence-electron chi connectivity index (χ4n) is 2.75. The first kappa shape index (κ1) is 28.0. The number of hydroxylamine groups is 1. The molecular formula is C20H17ClF4N6O5S. The van der Waals surface area contributed by atoms with Crippen molar-refractivity contribution in [3.63, 3.8) is 0 Å². The number of benzene rings is 2. The third-order valence-electron chi connectivity index (χ3n) is 4.53.